The highest BCUT2D eigenvalue weighted by molar-refractivity contribution is 5.90. The van der Waals surface area contributed by atoms with E-state index in [-0.39, 0.29) is 6.79 Å². The highest BCUT2D eigenvalue weighted by Gasteiger charge is 2.34. The molecule has 6 nitrogen and oxygen atoms in total. The maximum atomic E-state index is 5.76. The van der Waals surface area contributed by atoms with Gasteiger partial charge in [0.1, 0.15) is 0 Å². The number of rotatable bonds is 3. The number of hydrogen-bond acceptors (Lipinski definition) is 6. The maximum absolute atomic E-state index is 5.76. The Balaban J connectivity index is 1.71. The van der Waals surface area contributed by atoms with E-state index >= 15 is 0 Å². The van der Waals surface area contributed by atoms with E-state index in [1.165, 1.54) is 5.56 Å². The van der Waals surface area contributed by atoms with E-state index in [1.54, 1.807) is 21.3 Å². The Kier molecular flexibility index (Phi) is 3.60. The predicted molar refractivity (Wildman–Crippen MR) is 101 cm³/mol. The molecule has 140 valence electrons. The zero-order valence-electron chi connectivity index (χ0n) is 15.6. The largest absolute Gasteiger partial charge is 0.493 e. The lowest BCUT2D eigenvalue weighted by molar-refractivity contribution is 0.171. The molecule has 0 saturated carbocycles. The number of benzene rings is 2. The van der Waals surface area contributed by atoms with Crippen molar-refractivity contribution in [1.82, 2.24) is 4.90 Å². The first-order valence-corrected chi connectivity index (χ1v) is 8.95. The molecule has 3 aliphatic rings. The van der Waals surface area contributed by atoms with Crippen LogP contribution in [0.3, 0.4) is 0 Å². The molecule has 0 radical (unpaired) electrons. The van der Waals surface area contributed by atoms with Crippen LogP contribution in [0.15, 0.2) is 18.2 Å². The third-order valence-corrected chi connectivity index (χ3v) is 5.48. The van der Waals surface area contributed by atoms with Gasteiger partial charge in [-0.1, -0.05) is 6.07 Å². The van der Waals surface area contributed by atoms with Crippen molar-refractivity contribution in [2.45, 2.75) is 13.0 Å². The van der Waals surface area contributed by atoms with Crippen molar-refractivity contribution in [3.63, 3.8) is 0 Å². The Bertz CT molecular complexity index is 966. The molecule has 0 aliphatic carbocycles. The van der Waals surface area contributed by atoms with Gasteiger partial charge in [-0.25, -0.2) is 0 Å². The standard InChI is InChI=1S/C21H21NO5/c1-23-16-5-4-12-8-15-18-13(6-7-22(15)10-14(12)19(16)24-2)9-17-20(21(18)25-3)27-11-26-17/h4-5,8-9H,6-7,10-11H2,1-3H3. The minimum Gasteiger partial charge on any atom is -0.493 e. The summed E-state index contributed by atoms with van der Waals surface area (Å²) in [7, 11) is 5.03. The van der Waals surface area contributed by atoms with Gasteiger partial charge in [0.25, 0.3) is 0 Å². The Hall–Kier alpha value is -3.02. The minimum atomic E-state index is 0.233. The number of methoxy groups -OCH3 is 3. The van der Waals surface area contributed by atoms with Crippen molar-refractivity contribution in [2.24, 2.45) is 0 Å². The molecule has 5 rings (SSSR count). The van der Waals surface area contributed by atoms with Crippen LogP contribution in [-0.2, 0) is 13.0 Å². The van der Waals surface area contributed by atoms with Crippen molar-refractivity contribution in [3.05, 3.63) is 40.5 Å². The normalized spacial score (nSPS) is 16.1. The molecule has 2 aromatic rings. The SMILES string of the molecule is COc1ccc2c(c1OC)CN1CCc3cc4c(c(OC)c3C1=C2)OCO4. The van der Waals surface area contributed by atoms with Crippen molar-refractivity contribution in [1.29, 1.82) is 0 Å². The first kappa shape index (κ1) is 16.2. The van der Waals surface area contributed by atoms with E-state index in [1.807, 2.05) is 6.07 Å². The van der Waals surface area contributed by atoms with E-state index in [9.17, 15) is 0 Å². The van der Waals surface area contributed by atoms with Gasteiger partial charge in [0.2, 0.25) is 12.5 Å². The van der Waals surface area contributed by atoms with Crippen LogP contribution in [0.25, 0.3) is 11.8 Å². The molecular weight excluding hydrogens is 346 g/mol. The lowest BCUT2D eigenvalue weighted by Crippen LogP contribution is -2.31. The van der Waals surface area contributed by atoms with E-state index in [0.29, 0.717) is 5.75 Å². The molecule has 3 aliphatic heterocycles. The van der Waals surface area contributed by atoms with Crippen LogP contribution in [0.2, 0.25) is 0 Å². The molecule has 0 aromatic heterocycles. The fourth-order valence-corrected chi connectivity index (χ4v) is 4.24. The molecule has 0 unspecified atom stereocenters. The molecule has 0 bridgehead atoms. The highest BCUT2D eigenvalue weighted by Crippen LogP contribution is 2.51. The third-order valence-electron chi connectivity index (χ3n) is 5.48. The first-order valence-electron chi connectivity index (χ1n) is 8.95. The molecular formula is C21H21NO5. The van der Waals surface area contributed by atoms with Gasteiger partial charge in [0.15, 0.2) is 23.0 Å². The summed E-state index contributed by atoms with van der Waals surface area (Å²) in [5.41, 5.74) is 5.73. The number of ether oxygens (including phenoxy) is 5. The monoisotopic (exact) mass is 367 g/mol. The fraction of sp³-hybridized carbons (Fsp3) is 0.333. The van der Waals surface area contributed by atoms with Gasteiger partial charge < -0.3 is 28.6 Å². The summed E-state index contributed by atoms with van der Waals surface area (Å²) in [6, 6.07) is 6.11. The summed E-state index contributed by atoms with van der Waals surface area (Å²) >= 11 is 0. The van der Waals surface area contributed by atoms with Crippen LogP contribution in [0.1, 0.15) is 22.3 Å². The van der Waals surface area contributed by atoms with E-state index < -0.39 is 0 Å². The van der Waals surface area contributed by atoms with Crippen LogP contribution in [-0.4, -0.2) is 39.6 Å². The number of nitrogens with zero attached hydrogens (tertiary/aromatic N) is 1. The Morgan fingerprint density at radius 3 is 2.63 bits per heavy atom. The second-order valence-electron chi connectivity index (χ2n) is 6.75. The van der Waals surface area contributed by atoms with Gasteiger partial charge in [-0.3, -0.25) is 0 Å². The second-order valence-corrected chi connectivity index (χ2v) is 6.75. The summed E-state index contributed by atoms with van der Waals surface area (Å²) in [5, 5.41) is 0. The van der Waals surface area contributed by atoms with Gasteiger partial charge in [-0.2, -0.15) is 0 Å². The predicted octanol–water partition coefficient (Wildman–Crippen LogP) is 3.31. The third kappa shape index (κ3) is 2.25. The molecule has 0 atom stereocenters. The molecule has 0 N–H and O–H groups in total. The Morgan fingerprint density at radius 2 is 1.85 bits per heavy atom. The topological polar surface area (TPSA) is 49.4 Å². The summed E-state index contributed by atoms with van der Waals surface area (Å²) in [4.78, 5) is 2.36. The summed E-state index contributed by atoms with van der Waals surface area (Å²) < 4.78 is 28.1. The zero-order valence-corrected chi connectivity index (χ0v) is 15.6. The van der Waals surface area contributed by atoms with Gasteiger partial charge in [0.05, 0.1) is 21.3 Å². The number of hydrogen-bond donors (Lipinski definition) is 0. The average molecular weight is 367 g/mol. The minimum absolute atomic E-state index is 0.233. The van der Waals surface area contributed by atoms with Crippen LogP contribution < -0.4 is 23.7 Å². The van der Waals surface area contributed by atoms with Crippen molar-refractivity contribution < 1.29 is 23.7 Å². The maximum Gasteiger partial charge on any atom is 0.231 e. The van der Waals surface area contributed by atoms with Gasteiger partial charge in [0, 0.05) is 29.9 Å². The highest BCUT2D eigenvalue weighted by atomic mass is 16.7. The smallest absolute Gasteiger partial charge is 0.231 e. The van der Waals surface area contributed by atoms with Crippen LogP contribution in [0.4, 0.5) is 0 Å². The van der Waals surface area contributed by atoms with E-state index in [0.717, 1.165) is 64.9 Å². The van der Waals surface area contributed by atoms with Gasteiger partial charge in [-0.05, 0) is 35.8 Å². The van der Waals surface area contributed by atoms with Crippen molar-refractivity contribution in [2.75, 3.05) is 34.7 Å². The second kappa shape index (κ2) is 6.01. The van der Waals surface area contributed by atoms with Crippen molar-refractivity contribution in [3.8, 4) is 28.7 Å². The molecule has 0 spiro atoms. The van der Waals surface area contributed by atoms with Crippen LogP contribution >= 0.6 is 0 Å². The molecule has 3 heterocycles. The van der Waals surface area contributed by atoms with Crippen molar-refractivity contribution >= 4 is 11.8 Å². The Morgan fingerprint density at radius 1 is 1.00 bits per heavy atom. The van der Waals surface area contributed by atoms with Crippen LogP contribution in [0, 0.1) is 0 Å². The fourth-order valence-electron chi connectivity index (χ4n) is 4.24. The molecule has 0 saturated heterocycles. The molecule has 27 heavy (non-hydrogen) atoms. The molecule has 0 fully saturated rings. The summed E-state index contributed by atoms with van der Waals surface area (Å²) in [6.45, 7) is 1.91. The van der Waals surface area contributed by atoms with Crippen LogP contribution in [0.5, 0.6) is 28.7 Å². The average Bonchev–Trinajstić information content (AvgIpc) is 3.17. The quantitative estimate of drug-likeness (QED) is 0.830. The van der Waals surface area contributed by atoms with Gasteiger partial charge in [-0.15, -0.1) is 0 Å². The summed E-state index contributed by atoms with van der Waals surface area (Å²) in [5.74, 6) is 3.76. The number of fused-ring (bicyclic) bond motifs is 5. The Labute approximate surface area is 157 Å². The molecule has 6 heteroatoms. The molecule has 0 amide bonds. The molecule has 2 aromatic carbocycles. The lowest BCUT2D eigenvalue weighted by atomic mass is 9.89. The first-order chi connectivity index (χ1) is 13.2. The van der Waals surface area contributed by atoms with Gasteiger partial charge >= 0.3 is 0 Å². The summed E-state index contributed by atoms with van der Waals surface area (Å²) in [6.07, 6.45) is 3.12. The lowest BCUT2D eigenvalue weighted by Gasteiger charge is -2.38. The zero-order chi connectivity index (χ0) is 18.5. The van der Waals surface area contributed by atoms with E-state index in [2.05, 4.69) is 23.1 Å². The van der Waals surface area contributed by atoms with E-state index in [4.69, 9.17) is 23.7 Å².